The molecule has 6 heteroatoms. The van der Waals surface area contributed by atoms with Crippen LogP contribution in [0.1, 0.15) is 31.9 Å². The molecule has 0 radical (unpaired) electrons. The molecule has 25 heavy (non-hydrogen) atoms. The highest BCUT2D eigenvalue weighted by Crippen LogP contribution is 2.10. The maximum Gasteiger partial charge on any atom is 0.187 e. The summed E-state index contributed by atoms with van der Waals surface area (Å²) in [6.45, 7) is 11.9. The Labute approximate surface area is 156 Å². The maximum atomic E-state index is 5.34. The second-order valence-electron chi connectivity index (χ2n) is 6.81. The number of nitrogens with zero attached hydrogens (tertiary/aromatic N) is 2. The first-order valence-electron chi connectivity index (χ1n) is 9.02. The van der Waals surface area contributed by atoms with Crippen molar-refractivity contribution >= 4 is 23.0 Å². The van der Waals surface area contributed by atoms with Gasteiger partial charge in [-0.1, -0.05) is 38.1 Å². The van der Waals surface area contributed by atoms with E-state index in [1.165, 1.54) is 5.56 Å². The Morgan fingerprint density at radius 1 is 1.24 bits per heavy atom. The van der Waals surface area contributed by atoms with E-state index in [1.807, 2.05) is 6.92 Å². The smallest absolute Gasteiger partial charge is 0.187 e. The minimum atomic E-state index is 0.559. The zero-order chi connectivity index (χ0) is 18.1. The number of hydrogen-bond acceptors (Lipinski definition) is 4. The van der Waals surface area contributed by atoms with Crippen LogP contribution in [-0.2, 0) is 11.2 Å². The van der Waals surface area contributed by atoms with E-state index in [4.69, 9.17) is 17.0 Å². The maximum absolute atomic E-state index is 5.34. The van der Waals surface area contributed by atoms with Crippen molar-refractivity contribution in [3.05, 3.63) is 35.4 Å². The van der Waals surface area contributed by atoms with Gasteiger partial charge in [0.25, 0.3) is 0 Å². The number of ether oxygens (including phenoxy) is 1. The molecular formula is C19H30N4OS. The zero-order valence-corrected chi connectivity index (χ0v) is 16.4. The third kappa shape index (κ3) is 7.50. The average Bonchev–Trinajstić information content (AvgIpc) is 2.61. The molecule has 0 amide bonds. The summed E-state index contributed by atoms with van der Waals surface area (Å²) in [5.41, 5.74) is 6.32. The first-order valence-corrected chi connectivity index (χ1v) is 9.43. The number of morpholine rings is 1. The molecule has 1 saturated heterocycles. The van der Waals surface area contributed by atoms with Crippen molar-refractivity contribution in [1.29, 1.82) is 0 Å². The third-order valence-corrected chi connectivity index (χ3v) is 4.39. The minimum Gasteiger partial charge on any atom is -0.379 e. The van der Waals surface area contributed by atoms with E-state index >= 15 is 0 Å². The molecule has 0 spiro atoms. The van der Waals surface area contributed by atoms with E-state index in [2.05, 4.69) is 58.9 Å². The van der Waals surface area contributed by atoms with Gasteiger partial charge in [-0.25, -0.2) is 0 Å². The zero-order valence-electron chi connectivity index (χ0n) is 15.5. The second-order valence-corrected chi connectivity index (χ2v) is 7.22. The lowest BCUT2D eigenvalue weighted by molar-refractivity contribution is 0.0389. The molecule has 0 saturated carbocycles. The molecule has 0 aromatic heterocycles. The van der Waals surface area contributed by atoms with Crippen molar-refractivity contribution in [2.75, 3.05) is 39.4 Å². The largest absolute Gasteiger partial charge is 0.379 e. The Balaban J connectivity index is 1.72. The van der Waals surface area contributed by atoms with Gasteiger partial charge in [0.15, 0.2) is 5.11 Å². The van der Waals surface area contributed by atoms with Crippen LogP contribution in [0.2, 0.25) is 0 Å². The lowest BCUT2D eigenvalue weighted by Gasteiger charge is -2.26. The second kappa shape index (κ2) is 10.5. The number of thiocarbonyl (C=S) groups is 1. The number of hydrogen-bond donors (Lipinski definition) is 2. The van der Waals surface area contributed by atoms with Crippen molar-refractivity contribution in [2.24, 2.45) is 11.0 Å². The van der Waals surface area contributed by atoms with E-state index in [0.717, 1.165) is 57.1 Å². The molecule has 0 aliphatic carbocycles. The van der Waals surface area contributed by atoms with Crippen LogP contribution in [0, 0.1) is 5.92 Å². The van der Waals surface area contributed by atoms with Gasteiger partial charge in [-0.05, 0) is 42.6 Å². The predicted octanol–water partition coefficient (Wildman–Crippen LogP) is 2.41. The summed E-state index contributed by atoms with van der Waals surface area (Å²) in [5.74, 6) is 0.670. The molecule has 5 nitrogen and oxygen atoms in total. The molecule has 0 unspecified atom stereocenters. The molecule has 1 aromatic rings. The van der Waals surface area contributed by atoms with Crippen LogP contribution < -0.4 is 10.7 Å². The Morgan fingerprint density at radius 3 is 2.56 bits per heavy atom. The van der Waals surface area contributed by atoms with Crippen LogP contribution in [0.15, 0.2) is 29.4 Å². The quantitative estimate of drug-likeness (QED) is 0.443. The van der Waals surface area contributed by atoms with Crippen molar-refractivity contribution in [3.8, 4) is 0 Å². The number of nitrogens with one attached hydrogen (secondary N) is 2. The first kappa shape index (κ1) is 19.8. The summed E-state index contributed by atoms with van der Waals surface area (Å²) >= 11 is 5.28. The van der Waals surface area contributed by atoms with E-state index < -0.39 is 0 Å². The first-order chi connectivity index (χ1) is 12.0. The molecular weight excluding hydrogens is 332 g/mol. The van der Waals surface area contributed by atoms with Crippen molar-refractivity contribution in [2.45, 2.75) is 27.2 Å². The molecule has 2 N–H and O–H groups in total. The molecule has 1 aromatic carbocycles. The number of benzene rings is 1. The lowest BCUT2D eigenvalue weighted by Crippen LogP contribution is -2.42. The van der Waals surface area contributed by atoms with Crippen molar-refractivity contribution in [3.63, 3.8) is 0 Å². The van der Waals surface area contributed by atoms with E-state index in [1.54, 1.807) is 0 Å². The van der Waals surface area contributed by atoms with E-state index in [9.17, 15) is 0 Å². The normalized spacial score (nSPS) is 16.1. The van der Waals surface area contributed by atoms with Gasteiger partial charge in [0, 0.05) is 26.2 Å². The average molecular weight is 363 g/mol. The molecule has 1 heterocycles. The van der Waals surface area contributed by atoms with Crippen LogP contribution in [0.4, 0.5) is 0 Å². The van der Waals surface area contributed by atoms with Gasteiger partial charge in [-0.3, -0.25) is 10.3 Å². The fraction of sp³-hybridized carbons (Fsp3) is 0.579. The van der Waals surface area contributed by atoms with Gasteiger partial charge in [0.1, 0.15) is 0 Å². The van der Waals surface area contributed by atoms with Crippen LogP contribution >= 0.6 is 12.2 Å². The van der Waals surface area contributed by atoms with Gasteiger partial charge in [-0.15, -0.1) is 0 Å². The standard InChI is InChI=1S/C19H30N4OS/c1-15(2)14-17-4-6-18(7-5-17)16(3)21-22-19(25)20-8-9-23-10-12-24-13-11-23/h4-7,15H,8-14H2,1-3H3,(H2,20,22,25)/b21-16-. The van der Waals surface area contributed by atoms with Crippen molar-refractivity contribution in [1.82, 2.24) is 15.6 Å². The summed E-state index contributed by atoms with van der Waals surface area (Å²) < 4.78 is 5.34. The number of rotatable bonds is 7. The summed E-state index contributed by atoms with van der Waals surface area (Å²) in [6, 6.07) is 8.58. The highest BCUT2D eigenvalue weighted by Gasteiger charge is 2.09. The van der Waals surface area contributed by atoms with E-state index in [0.29, 0.717) is 11.0 Å². The van der Waals surface area contributed by atoms with Crippen LogP contribution in [0.5, 0.6) is 0 Å². The monoisotopic (exact) mass is 362 g/mol. The van der Waals surface area contributed by atoms with Gasteiger partial charge in [-0.2, -0.15) is 5.10 Å². The lowest BCUT2D eigenvalue weighted by atomic mass is 10.0. The Hall–Kier alpha value is -1.50. The summed E-state index contributed by atoms with van der Waals surface area (Å²) in [7, 11) is 0. The molecule has 1 aliphatic rings. The highest BCUT2D eigenvalue weighted by molar-refractivity contribution is 7.80. The Morgan fingerprint density at radius 2 is 1.92 bits per heavy atom. The predicted molar refractivity (Wildman–Crippen MR) is 108 cm³/mol. The number of hydrazone groups is 1. The molecule has 0 atom stereocenters. The minimum absolute atomic E-state index is 0.559. The van der Waals surface area contributed by atoms with Gasteiger partial charge < -0.3 is 10.1 Å². The van der Waals surface area contributed by atoms with Crippen LogP contribution in [0.25, 0.3) is 0 Å². The highest BCUT2D eigenvalue weighted by atomic mass is 32.1. The van der Waals surface area contributed by atoms with E-state index in [-0.39, 0.29) is 0 Å². The Bertz CT molecular complexity index is 565. The summed E-state index contributed by atoms with van der Waals surface area (Å²) in [6.07, 6.45) is 1.10. The van der Waals surface area contributed by atoms with Crippen LogP contribution in [-0.4, -0.2) is 55.1 Å². The van der Waals surface area contributed by atoms with Gasteiger partial charge >= 0.3 is 0 Å². The Kier molecular flexibility index (Phi) is 8.31. The molecule has 138 valence electrons. The molecule has 1 aliphatic heterocycles. The van der Waals surface area contributed by atoms with Crippen LogP contribution in [0.3, 0.4) is 0 Å². The van der Waals surface area contributed by atoms with Gasteiger partial charge in [0.05, 0.1) is 18.9 Å². The molecule has 2 rings (SSSR count). The molecule has 1 fully saturated rings. The summed E-state index contributed by atoms with van der Waals surface area (Å²) in [4.78, 5) is 2.37. The summed E-state index contributed by atoms with van der Waals surface area (Å²) in [5, 5.41) is 8.14. The molecule has 0 bridgehead atoms. The topological polar surface area (TPSA) is 48.9 Å². The van der Waals surface area contributed by atoms with Gasteiger partial charge in [0.2, 0.25) is 0 Å². The third-order valence-electron chi connectivity index (χ3n) is 4.16. The fourth-order valence-electron chi connectivity index (χ4n) is 2.74. The SMILES string of the molecule is C/C(=N/NC(=S)NCCN1CCOCC1)c1ccc(CC(C)C)cc1. The van der Waals surface area contributed by atoms with Crippen molar-refractivity contribution < 1.29 is 4.74 Å². The fourth-order valence-corrected chi connectivity index (χ4v) is 2.89.